The molecule has 0 spiro atoms. The summed E-state index contributed by atoms with van der Waals surface area (Å²) in [5.74, 6) is 0. The molecule has 2 aromatic rings. The number of halogens is 1. The Hall–Kier alpha value is -1.31. The molecule has 4 N–H and O–H groups in total. The number of hydrogen-bond donors (Lipinski definition) is 2. The van der Waals surface area contributed by atoms with Crippen molar-refractivity contribution >= 4 is 35.4 Å². The van der Waals surface area contributed by atoms with Gasteiger partial charge in [-0.1, -0.05) is 35.6 Å². The SMILES string of the molecule is Cc1cc(Br)cc(-c2c(N)c(C)nn2COCC[Si](C)(C)C)c1N. The van der Waals surface area contributed by atoms with E-state index in [0.29, 0.717) is 18.1 Å². The molecule has 0 saturated carbocycles. The lowest BCUT2D eigenvalue weighted by atomic mass is 10.0. The van der Waals surface area contributed by atoms with E-state index in [9.17, 15) is 0 Å². The van der Waals surface area contributed by atoms with Crippen molar-refractivity contribution in [3.05, 3.63) is 27.9 Å². The first-order chi connectivity index (χ1) is 11.1. The van der Waals surface area contributed by atoms with E-state index in [0.717, 1.165) is 39.6 Å². The van der Waals surface area contributed by atoms with Crippen LogP contribution >= 0.6 is 15.9 Å². The van der Waals surface area contributed by atoms with E-state index in [1.807, 2.05) is 30.7 Å². The maximum atomic E-state index is 6.29. The molecule has 5 nitrogen and oxygen atoms in total. The van der Waals surface area contributed by atoms with Crippen LogP contribution in [0.1, 0.15) is 11.3 Å². The smallest absolute Gasteiger partial charge is 0.140 e. The Bertz CT molecular complexity index is 737. The summed E-state index contributed by atoms with van der Waals surface area (Å²) in [5.41, 5.74) is 17.4. The molecule has 0 atom stereocenters. The summed E-state index contributed by atoms with van der Waals surface area (Å²) < 4.78 is 8.63. The van der Waals surface area contributed by atoms with Crippen LogP contribution in [-0.2, 0) is 11.5 Å². The Labute approximate surface area is 153 Å². The summed E-state index contributed by atoms with van der Waals surface area (Å²) >= 11 is 3.53. The lowest BCUT2D eigenvalue weighted by Crippen LogP contribution is -2.22. The Kier molecular flexibility index (Phi) is 5.77. The number of ether oxygens (including phenoxy) is 1. The Balaban J connectivity index is 2.31. The van der Waals surface area contributed by atoms with Gasteiger partial charge in [0.05, 0.1) is 17.1 Å². The summed E-state index contributed by atoms with van der Waals surface area (Å²) in [6.07, 6.45) is 0. The third-order valence-corrected chi connectivity index (χ3v) is 6.15. The molecule has 24 heavy (non-hydrogen) atoms. The molecule has 132 valence electrons. The lowest BCUT2D eigenvalue weighted by molar-refractivity contribution is 0.0796. The standard InChI is InChI=1S/C17H27BrN4OSi/c1-11-8-13(18)9-14(15(11)19)17-16(20)12(2)21-22(17)10-23-6-7-24(3,4)5/h8-9H,6-7,10,19-20H2,1-5H3. The first-order valence-corrected chi connectivity index (χ1v) is 12.6. The molecule has 0 amide bonds. The second kappa shape index (κ2) is 7.29. The second-order valence-electron chi connectivity index (χ2n) is 7.38. The van der Waals surface area contributed by atoms with Crippen LogP contribution in [0.2, 0.25) is 25.7 Å². The molecule has 0 aliphatic rings. The summed E-state index contributed by atoms with van der Waals surface area (Å²) in [7, 11) is -1.11. The number of aryl methyl sites for hydroxylation is 2. The molecule has 0 aliphatic carbocycles. The fourth-order valence-corrected chi connectivity index (χ4v) is 3.78. The number of nitrogens with two attached hydrogens (primary N) is 2. The van der Waals surface area contributed by atoms with Gasteiger partial charge in [-0.25, -0.2) is 4.68 Å². The Morgan fingerprint density at radius 1 is 1.17 bits per heavy atom. The molecule has 7 heteroatoms. The number of hydrogen-bond acceptors (Lipinski definition) is 4. The quantitative estimate of drug-likeness (QED) is 0.419. The number of nitrogen functional groups attached to an aromatic ring is 2. The van der Waals surface area contributed by atoms with E-state index in [-0.39, 0.29) is 0 Å². The monoisotopic (exact) mass is 410 g/mol. The van der Waals surface area contributed by atoms with Crippen molar-refractivity contribution in [1.29, 1.82) is 0 Å². The molecular weight excluding hydrogens is 384 g/mol. The van der Waals surface area contributed by atoms with Gasteiger partial charge in [0.15, 0.2) is 0 Å². The van der Waals surface area contributed by atoms with Gasteiger partial charge in [-0.2, -0.15) is 5.10 Å². The average molecular weight is 411 g/mol. The third-order valence-electron chi connectivity index (χ3n) is 3.99. The van der Waals surface area contributed by atoms with Crippen LogP contribution in [-0.4, -0.2) is 24.5 Å². The predicted octanol–water partition coefficient (Wildman–Crippen LogP) is 4.41. The van der Waals surface area contributed by atoms with Gasteiger partial charge in [-0.15, -0.1) is 0 Å². The molecule has 1 aromatic heterocycles. The largest absolute Gasteiger partial charge is 0.398 e. The van der Waals surface area contributed by atoms with E-state index >= 15 is 0 Å². The van der Waals surface area contributed by atoms with Gasteiger partial charge in [0.25, 0.3) is 0 Å². The first kappa shape index (κ1) is 19.0. The van der Waals surface area contributed by atoms with E-state index in [4.69, 9.17) is 16.2 Å². The fraction of sp³-hybridized carbons (Fsp3) is 0.471. The van der Waals surface area contributed by atoms with E-state index in [2.05, 4.69) is 40.7 Å². The number of benzene rings is 1. The molecule has 0 unspecified atom stereocenters. The maximum absolute atomic E-state index is 6.29. The van der Waals surface area contributed by atoms with Crippen molar-refractivity contribution in [3.63, 3.8) is 0 Å². The van der Waals surface area contributed by atoms with Crippen molar-refractivity contribution in [2.75, 3.05) is 18.1 Å². The summed E-state index contributed by atoms with van der Waals surface area (Å²) in [6.45, 7) is 12.0. The highest BCUT2D eigenvalue weighted by Gasteiger charge is 2.19. The van der Waals surface area contributed by atoms with Crippen molar-refractivity contribution in [1.82, 2.24) is 9.78 Å². The van der Waals surface area contributed by atoms with Crippen molar-refractivity contribution < 1.29 is 4.74 Å². The Morgan fingerprint density at radius 3 is 2.46 bits per heavy atom. The second-order valence-corrected chi connectivity index (χ2v) is 13.9. The Morgan fingerprint density at radius 2 is 1.83 bits per heavy atom. The van der Waals surface area contributed by atoms with Crippen LogP contribution in [0.3, 0.4) is 0 Å². The maximum Gasteiger partial charge on any atom is 0.140 e. The first-order valence-electron chi connectivity index (χ1n) is 8.07. The summed E-state index contributed by atoms with van der Waals surface area (Å²) in [4.78, 5) is 0. The van der Waals surface area contributed by atoms with Crippen molar-refractivity contribution in [2.24, 2.45) is 0 Å². The van der Waals surface area contributed by atoms with Crippen molar-refractivity contribution in [3.8, 4) is 11.3 Å². The summed E-state index contributed by atoms with van der Waals surface area (Å²) in [5, 5.41) is 4.53. The van der Waals surface area contributed by atoms with Crippen LogP contribution in [0, 0.1) is 13.8 Å². The van der Waals surface area contributed by atoms with Gasteiger partial charge < -0.3 is 16.2 Å². The zero-order valence-corrected chi connectivity index (χ0v) is 17.7. The summed E-state index contributed by atoms with van der Waals surface area (Å²) in [6, 6.07) is 5.09. The number of rotatable bonds is 6. The predicted molar refractivity (Wildman–Crippen MR) is 108 cm³/mol. The minimum Gasteiger partial charge on any atom is -0.398 e. The van der Waals surface area contributed by atoms with E-state index in [1.54, 1.807) is 0 Å². The van der Waals surface area contributed by atoms with E-state index in [1.165, 1.54) is 0 Å². The minimum atomic E-state index is -1.11. The highest BCUT2D eigenvalue weighted by molar-refractivity contribution is 9.10. The number of anilines is 2. The lowest BCUT2D eigenvalue weighted by Gasteiger charge is -2.16. The van der Waals surface area contributed by atoms with Gasteiger partial charge in [0.2, 0.25) is 0 Å². The third kappa shape index (κ3) is 4.40. The van der Waals surface area contributed by atoms with Crippen LogP contribution in [0.15, 0.2) is 16.6 Å². The van der Waals surface area contributed by atoms with Crippen LogP contribution in [0.4, 0.5) is 11.4 Å². The number of aromatic nitrogens is 2. The zero-order chi connectivity index (χ0) is 18.1. The molecule has 0 radical (unpaired) electrons. The molecular formula is C17H27BrN4OSi. The van der Waals surface area contributed by atoms with Gasteiger partial charge in [-0.3, -0.25) is 0 Å². The topological polar surface area (TPSA) is 79.1 Å². The highest BCUT2D eigenvalue weighted by Crippen LogP contribution is 2.36. The zero-order valence-electron chi connectivity index (χ0n) is 15.1. The molecule has 0 fully saturated rings. The molecule has 1 heterocycles. The van der Waals surface area contributed by atoms with Gasteiger partial charge in [-0.05, 0) is 37.6 Å². The van der Waals surface area contributed by atoms with Gasteiger partial charge in [0.1, 0.15) is 6.73 Å². The highest BCUT2D eigenvalue weighted by atomic mass is 79.9. The molecule has 0 aliphatic heterocycles. The molecule has 0 bridgehead atoms. The van der Waals surface area contributed by atoms with Crippen LogP contribution < -0.4 is 11.5 Å². The fourth-order valence-electron chi connectivity index (χ4n) is 2.45. The molecule has 2 rings (SSSR count). The minimum absolute atomic E-state index is 0.378. The number of nitrogens with zero attached hydrogens (tertiary/aromatic N) is 2. The van der Waals surface area contributed by atoms with Crippen LogP contribution in [0.25, 0.3) is 11.3 Å². The molecule has 1 aromatic carbocycles. The normalized spacial score (nSPS) is 11.9. The van der Waals surface area contributed by atoms with Crippen molar-refractivity contribution in [2.45, 2.75) is 46.3 Å². The molecule has 0 saturated heterocycles. The van der Waals surface area contributed by atoms with Crippen LogP contribution in [0.5, 0.6) is 0 Å². The van der Waals surface area contributed by atoms with Gasteiger partial charge in [0, 0.05) is 30.4 Å². The average Bonchev–Trinajstić information content (AvgIpc) is 2.73. The van der Waals surface area contributed by atoms with E-state index < -0.39 is 8.07 Å². The van der Waals surface area contributed by atoms with Gasteiger partial charge >= 0.3 is 0 Å².